The van der Waals surface area contributed by atoms with E-state index < -0.39 is 26.3 Å². The largest absolute Gasteiger partial charge is 0.398 e. The maximum atomic E-state index is 13.8. The Balaban J connectivity index is 2.20. The van der Waals surface area contributed by atoms with Gasteiger partial charge in [-0.25, -0.2) is 17.5 Å². The monoisotopic (exact) mass is 304 g/mol. The molecule has 0 saturated carbocycles. The summed E-state index contributed by atoms with van der Waals surface area (Å²) in [6, 6.07) is 2.14. The van der Waals surface area contributed by atoms with E-state index in [9.17, 15) is 17.9 Å². The average Bonchev–Trinajstić information content (AvgIpc) is 2.79. The van der Waals surface area contributed by atoms with Crippen LogP contribution in [0.2, 0.25) is 0 Å². The van der Waals surface area contributed by atoms with Crippen LogP contribution < -0.4 is 10.5 Å². The van der Waals surface area contributed by atoms with Gasteiger partial charge in [-0.3, -0.25) is 0 Å². The van der Waals surface area contributed by atoms with Gasteiger partial charge in [-0.15, -0.1) is 0 Å². The molecule has 1 heterocycles. The van der Waals surface area contributed by atoms with Gasteiger partial charge in [0.25, 0.3) is 0 Å². The molecule has 1 aliphatic rings. The molecule has 1 aromatic rings. The smallest absolute Gasteiger partial charge is 0.243 e. The first-order chi connectivity index (χ1) is 9.23. The number of benzene rings is 1. The van der Waals surface area contributed by atoms with E-state index in [1.165, 1.54) is 0 Å². The fraction of sp³-hybridized carbons (Fsp3) is 0.500. The molecule has 0 bridgehead atoms. The van der Waals surface area contributed by atoms with Crippen LogP contribution in [0.5, 0.6) is 0 Å². The molecule has 1 unspecified atom stereocenters. The summed E-state index contributed by atoms with van der Waals surface area (Å²) in [6.45, 7) is 1.77. The number of nitrogen functional groups attached to an aromatic ring is 1. The Morgan fingerprint density at radius 3 is 2.85 bits per heavy atom. The van der Waals surface area contributed by atoms with E-state index in [0.29, 0.717) is 18.6 Å². The second kappa shape index (κ2) is 5.28. The van der Waals surface area contributed by atoms with Gasteiger partial charge in [-0.2, -0.15) is 0 Å². The minimum absolute atomic E-state index is 0.0496. The van der Waals surface area contributed by atoms with E-state index in [4.69, 9.17) is 10.5 Å². The summed E-state index contributed by atoms with van der Waals surface area (Å²) in [5.41, 5.74) is 5.00. The first-order valence-corrected chi connectivity index (χ1v) is 7.57. The topological polar surface area (TPSA) is 102 Å². The third-order valence-corrected chi connectivity index (χ3v) is 4.70. The van der Waals surface area contributed by atoms with Crippen molar-refractivity contribution in [2.45, 2.75) is 23.8 Å². The second-order valence-corrected chi connectivity index (χ2v) is 6.73. The standard InChI is InChI=1S/C12H17FN2O4S/c1-8-4-9(13)11(5-10(8)14)20(17,18)15-6-12(16)2-3-19-7-12/h4-5,15-16H,2-3,6-7,14H2,1H3. The minimum atomic E-state index is -4.08. The summed E-state index contributed by atoms with van der Waals surface area (Å²) in [5.74, 6) is -0.876. The molecule has 4 N–H and O–H groups in total. The Morgan fingerprint density at radius 1 is 1.55 bits per heavy atom. The van der Waals surface area contributed by atoms with Crippen molar-refractivity contribution in [2.24, 2.45) is 0 Å². The van der Waals surface area contributed by atoms with Gasteiger partial charge in [-0.05, 0) is 24.6 Å². The number of sulfonamides is 1. The van der Waals surface area contributed by atoms with Crippen LogP contribution in [-0.2, 0) is 14.8 Å². The lowest BCUT2D eigenvalue weighted by Gasteiger charge is -2.20. The molecule has 0 aromatic heterocycles. The summed E-state index contributed by atoms with van der Waals surface area (Å²) >= 11 is 0. The predicted octanol–water partition coefficient (Wildman–Crippen LogP) is 0.146. The molecular formula is C12H17FN2O4S. The van der Waals surface area contributed by atoms with Crippen molar-refractivity contribution in [3.8, 4) is 0 Å². The molecule has 1 aliphatic heterocycles. The van der Waals surface area contributed by atoms with Crippen LogP contribution in [0.4, 0.5) is 10.1 Å². The van der Waals surface area contributed by atoms with Gasteiger partial charge in [0.2, 0.25) is 10.0 Å². The van der Waals surface area contributed by atoms with Crippen molar-refractivity contribution in [3.63, 3.8) is 0 Å². The molecule has 2 rings (SSSR count). The molecular weight excluding hydrogens is 287 g/mol. The number of hydrogen-bond donors (Lipinski definition) is 3. The molecule has 0 spiro atoms. The van der Waals surface area contributed by atoms with Crippen LogP contribution in [0, 0.1) is 12.7 Å². The Kier molecular flexibility index (Phi) is 4.01. The fourth-order valence-corrected chi connectivity index (χ4v) is 3.13. The number of nitrogens with one attached hydrogen (secondary N) is 1. The third-order valence-electron chi connectivity index (χ3n) is 3.28. The molecule has 112 valence electrons. The Labute approximate surface area is 116 Å². The molecule has 6 nitrogen and oxygen atoms in total. The van der Waals surface area contributed by atoms with Crippen LogP contribution in [0.25, 0.3) is 0 Å². The number of halogens is 1. The van der Waals surface area contributed by atoms with Gasteiger partial charge in [0.1, 0.15) is 16.3 Å². The first-order valence-electron chi connectivity index (χ1n) is 6.09. The number of hydrogen-bond acceptors (Lipinski definition) is 5. The van der Waals surface area contributed by atoms with Crippen LogP contribution in [0.15, 0.2) is 17.0 Å². The Hall–Kier alpha value is -1.22. The van der Waals surface area contributed by atoms with E-state index in [2.05, 4.69) is 4.72 Å². The maximum Gasteiger partial charge on any atom is 0.243 e. The van der Waals surface area contributed by atoms with Crippen LogP contribution in [0.1, 0.15) is 12.0 Å². The molecule has 0 amide bonds. The molecule has 1 atom stereocenters. The zero-order valence-corrected chi connectivity index (χ0v) is 11.8. The Bertz CT molecular complexity index is 612. The highest BCUT2D eigenvalue weighted by atomic mass is 32.2. The Morgan fingerprint density at radius 2 is 2.25 bits per heavy atom. The van der Waals surface area contributed by atoms with E-state index in [1.54, 1.807) is 6.92 Å². The quantitative estimate of drug-likeness (QED) is 0.687. The zero-order valence-electron chi connectivity index (χ0n) is 11.0. The van der Waals surface area contributed by atoms with Crippen LogP contribution in [-0.4, -0.2) is 38.9 Å². The second-order valence-electron chi connectivity index (χ2n) is 4.99. The first kappa shape index (κ1) is 15.2. The van der Waals surface area contributed by atoms with Crippen molar-refractivity contribution < 1.29 is 22.7 Å². The van der Waals surface area contributed by atoms with Gasteiger partial charge in [0, 0.05) is 25.3 Å². The number of aryl methyl sites for hydroxylation is 1. The minimum Gasteiger partial charge on any atom is -0.398 e. The molecule has 0 aliphatic carbocycles. The summed E-state index contributed by atoms with van der Waals surface area (Å²) in [7, 11) is -4.08. The highest BCUT2D eigenvalue weighted by Gasteiger charge is 2.34. The van der Waals surface area contributed by atoms with Crippen molar-refractivity contribution >= 4 is 15.7 Å². The van der Waals surface area contributed by atoms with Crippen LogP contribution >= 0.6 is 0 Å². The maximum absolute atomic E-state index is 13.8. The molecule has 1 saturated heterocycles. The van der Waals surface area contributed by atoms with E-state index >= 15 is 0 Å². The van der Waals surface area contributed by atoms with Gasteiger partial charge in [-0.1, -0.05) is 0 Å². The SMILES string of the molecule is Cc1cc(F)c(S(=O)(=O)NCC2(O)CCOC2)cc1N. The summed E-state index contributed by atoms with van der Waals surface area (Å²) in [5, 5.41) is 10.00. The molecule has 1 aromatic carbocycles. The van der Waals surface area contributed by atoms with Crippen molar-refractivity contribution in [1.29, 1.82) is 0 Å². The predicted molar refractivity (Wildman–Crippen MR) is 71.1 cm³/mol. The number of rotatable bonds is 4. The van der Waals surface area contributed by atoms with Gasteiger partial charge < -0.3 is 15.6 Å². The fourth-order valence-electron chi connectivity index (χ4n) is 1.92. The lowest BCUT2D eigenvalue weighted by Crippen LogP contribution is -2.43. The molecule has 8 heteroatoms. The van der Waals surface area contributed by atoms with E-state index in [1.807, 2.05) is 0 Å². The van der Waals surface area contributed by atoms with Crippen molar-refractivity contribution in [2.75, 3.05) is 25.5 Å². The van der Waals surface area contributed by atoms with Crippen molar-refractivity contribution in [3.05, 3.63) is 23.5 Å². The number of ether oxygens (including phenoxy) is 1. The number of nitrogens with two attached hydrogens (primary N) is 1. The highest BCUT2D eigenvalue weighted by Crippen LogP contribution is 2.22. The lowest BCUT2D eigenvalue weighted by molar-refractivity contribution is 0.0314. The number of aliphatic hydroxyl groups is 1. The third kappa shape index (κ3) is 3.09. The van der Waals surface area contributed by atoms with Gasteiger partial charge in [0.15, 0.2) is 0 Å². The molecule has 20 heavy (non-hydrogen) atoms. The number of anilines is 1. The average molecular weight is 304 g/mol. The lowest BCUT2D eigenvalue weighted by atomic mass is 10.1. The van der Waals surface area contributed by atoms with E-state index in [-0.39, 0.29) is 18.8 Å². The summed E-state index contributed by atoms with van der Waals surface area (Å²) < 4.78 is 45.1. The summed E-state index contributed by atoms with van der Waals surface area (Å²) in [6.07, 6.45) is 0.327. The highest BCUT2D eigenvalue weighted by molar-refractivity contribution is 7.89. The van der Waals surface area contributed by atoms with Crippen molar-refractivity contribution in [1.82, 2.24) is 4.72 Å². The van der Waals surface area contributed by atoms with Gasteiger partial charge in [0.05, 0.1) is 6.61 Å². The molecule has 1 fully saturated rings. The normalized spacial score (nSPS) is 23.1. The molecule has 0 radical (unpaired) electrons. The zero-order chi connectivity index (χ0) is 15.0. The van der Waals surface area contributed by atoms with E-state index in [0.717, 1.165) is 12.1 Å². The summed E-state index contributed by atoms with van der Waals surface area (Å²) in [4.78, 5) is -0.525. The van der Waals surface area contributed by atoms with Gasteiger partial charge >= 0.3 is 0 Å². The van der Waals surface area contributed by atoms with Crippen LogP contribution in [0.3, 0.4) is 0 Å².